The molecule has 1 fully saturated rings. The molecule has 2 aromatic heterocycles. The van der Waals surface area contributed by atoms with Gasteiger partial charge in [-0.05, 0) is 91.4 Å². The topological polar surface area (TPSA) is 90.3 Å². The van der Waals surface area contributed by atoms with Crippen molar-refractivity contribution in [2.24, 2.45) is 0 Å². The fourth-order valence-corrected chi connectivity index (χ4v) is 5.64. The number of carbonyl (C=O) groups excluding carboxylic acids is 2. The van der Waals surface area contributed by atoms with Gasteiger partial charge in [-0.25, -0.2) is 9.78 Å². The van der Waals surface area contributed by atoms with Crippen molar-refractivity contribution in [3.05, 3.63) is 54.5 Å². The van der Waals surface area contributed by atoms with Gasteiger partial charge in [0.05, 0.1) is 11.7 Å². The number of halogens is 1. The number of amides is 1. The Morgan fingerprint density at radius 3 is 2.72 bits per heavy atom. The lowest BCUT2D eigenvalue weighted by Crippen LogP contribution is -2.28. The highest BCUT2D eigenvalue weighted by Crippen LogP contribution is 2.29. The first-order chi connectivity index (χ1) is 15.3. The first kappa shape index (κ1) is 22.9. The summed E-state index contributed by atoms with van der Waals surface area (Å²) in [5.41, 5.74) is 1.87. The van der Waals surface area contributed by atoms with E-state index < -0.39 is 5.97 Å². The van der Waals surface area contributed by atoms with Crippen molar-refractivity contribution >= 4 is 61.7 Å². The van der Waals surface area contributed by atoms with Gasteiger partial charge in [0.15, 0.2) is 0 Å². The zero-order chi connectivity index (χ0) is 22.8. The maximum Gasteiger partial charge on any atom is 0.348 e. The third-order valence-electron chi connectivity index (χ3n) is 5.71. The lowest BCUT2D eigenvalue weighted by Gasteiger charge is -2.21. The largest absolute Gasteiger partial charge is 0.458 e. The average Bonchev–Trinajstić information content (AvgIpc) is 3.10. The summed E-state index contributed by atoms with van der Waals surface area (Å²) in [6, 6.07) is 5.72. The standard InChI is InChI=1S/C23H24IN3O4S/c1-13-10-15(24)8-9-17(13)26-18(28)11-27-12-25-21-19(22(27)29)14(2)20(32-21)23(30)31-16-6-4-3-5-7-16/h8-10,12,16H,3-7,11H2,1-2H3,(H,26,28). The summed E-state index contributed by atoms with van der Waals surface area (Å²) < 4.78 is 8.03. The number of benzene rings is 1. The molecule has 1 N–H and O–H groups in total. The second-order valence-electron chi connectivity index (χ2n) is 8.09. The molecule has 0 aliphatic heterocycles. The van der Waals surface area contributed by atoms with Crippen molar-refractivity contribution in [1.29, 1.82) is 0 Å². The molecular formula is C23H24IN3O4S. The van der Waals surface area contributed by atoms with E-state index in [9.17, 15) is 14.4 Å². The number of thiophene rings is 1. The fourth-order valence-electron chi connectivity index (χ4n) is 3.97. The van der Waals surface area contributed by atoms with Gasteiger partial charge in [-0.2, -0.15) is 0 Å². The Labute approximate surface area is 203 Å². The van der Waals surface area contributed by atoms with Crippen molar-refractivity contribution in [1.82, 2.24) is 9.55 Å². The van der Waals surface area contributed by atoms with Crippen LogP contribution in [0.15, 0.2) is 29.3 Å². The number of nitrogens with one attached hydrogen (secondary N) is 1. The molecule has 9 heteroatoms. The maximum atomic E-state index is 13.1. The first-order valence-electron chi connectivity index (χ1n) is 10.6. The van der Waals surface area contributed by atoms with Crippen LogP contribution in [0.2, 0.25) is 0 Å². The second kappa shape index (κ2) is 9.70. The number of anilines is 1. The summed E-state index contributed by atoms with van der Waals surface area (Å²) in [7, 11) is 0. The molecule has 1 saturated carbocycles. The van der Waals surface area contributed by atoms with E-state index in [0.717, 1.165) is 34.8 Å². The average molecular weight is 565 g/mol. The number of fused-ring (bicyclic) bond motifs is 1. The van der Waals surface area contributed by atoms with E-state index >= 15 is 0 Å². The molecule has 7 nitrogen and oxygen atoms in total. The SMILES string of the molecule is Cc1cc(I)ccc1NC(=O)Cn1cnc2sc(C(=O)OC3CCCCC3)c(C)c2c1=O. The monoisotopic (exact) mass is 565 g/mol. The van der Waals surface area contributed by atoms with E-state index in [1.165, 1.54) is 28.7 Å². The number of ether oxygens (including phenoxy) is 1. The van der Waals surface area contributed by atoms with E-state index in [2.05, 4.69) is 32.9 Å². The number of carbonyl (C=O) groups is 2. The van der Waals surface area contributed by atoms with Gasteiger partial charge in [-0.15, -0.1) is 11.3 Å². The molecule has 0 atom stereocenters. The van der Waals surface area contributed by atoms with Gasteiger partial charge >= 0.3 is 5.97 Å². The molecule has 0 radical (unpaired) electrons. The predicted molar refractivity (Wildman–Crippen MR) is 133 cm³/mol. The summed E-state index contributed by atoms with van der Waals surface area (Å²) in [4.78, 5) is 43.6. The minimum Gasteiger partial charge on any atom is -0.458 e. The molecule has 32 heavy (non-hydrogen) atoms. The third-order valence-corrected chi connectivity index (χ3v) is 7.56. The van der Waals surface area contributed by atoms with Gasteiger partial charge in [0.25, 0.3) is 5.56 Å². The highest BCUT2D eigenvalue weighted by molar-refractivity contribution is 14.1. The Kier molecular flexibility index (Phi) is 6.94. The molecule has 1 amide bonds. The van der Waals surface area contributed by atoms with E-state index in [4.69, 9.17) is 4.74 Å². The van der Waals surface area contributed by atoms with Gasteiger partial charge in [-0.3, -0.25) is 14.2 Å². The molecular weight excluding hydrogens is 541 g/mol. The van der Waals surface area contributed by atoms with Crippen LogP contribution in [0.5, 0.6) is 0 Å². The Balaban J connectivity index is 1.54. The van der Waals surface area contributed by atoms with E-state index in [0.29, 0.717) is 26.3 Å². The van der Waals surface area contributed by atoms with Crippen molar-refractivity contribution in [2.75, 3.05) is 5.32 Å². The van der Waals surface area contributed by atoms with Gasteiger partial charge in [-0.1, -0.05) is 6.42 Å². The second-order valence-corrected chi connectivity index (χ2v) is 10.3. The zero-order valence-corrected chi connectivity index (χ0v) is 20.9. The van der Waals surface area contributed by atoms with Gasteiger partial charge in [0.2, 0.25) is 5.91 Å². The van der Waals surface area contributed by atoms with Crippen molar-refractivity contribution in [3.63, 3.8) is 0 Å². The number of hydrogen-bond donors (Lipinski definition) is 1. The molecule has 0 spiro atoms. The van der Waals surface area contributed by atoms with Gasteiger partial charge in [0.1, 0.15) is 22.4 Å². The Morgan fingerprint density at radius 1 is 1.25 bits per heavy atom. The van der Waals surface area contributed by atoms with Crippen LogP contribution >= 0.6 is 33.9 Å². The molecule has 4 rings (SSSR count). The fraction of sp³-hybridized carbons (Fsp3) is 0.391. The molecule has 3 aromatic rings. The highest BCUT2D eigenvalue weighted by Gasteiger charge is 2.24. The minimum absolute atomic E-state index is 0.0566. The molecule has 1 aliphatic carbocycles. The van der Waals surface area contributed by atoms with Crippen molar-refractivity contribution < 1.29 is 14.3 Å². The lowest BCUT2D eigenvalue weighted by molar-refractivity contribution is -0.116. The molecule has 0 saturated heterocycles. The summed E-state index contributed by atoms with van der Waals surface area (Å²) in [5.74, 6) is -0.711. The van der Waals surface area contributed by atoms with Crippen LogP contribution in [-0.2, 0) is 16.1 Å². The molecule has 1 aliphatic rings. The van der Waals surface area contributed by atoms with Crippen LogP contribution in [0.3, 0.4) is 0 Å². The van der Waals surface area contributed by atoms with Crippen LogP contribution < -0.4 is 10.9 Å². The van der Waals surface area contributed by atoms with Crippen molar-refractivity contribution in [3.8, 4) is 0 Å². The number of aromatic nitrogens is 2. The summed E-state index contributed by atoms with van der Waals surface area (Å²) in [5, 5.41) is 3.21. The van der Waals surface area contributed by atoms with Crippen molar-refractivity contribution in [2.45, 2.75) is 58.6 Å². The van der Waals surface area contributed by atoms with E-state index in [-0.39, 0.29) is 24.1 Å². The third kappa shape index (κ3) is 4.88. The smallest absolute Gasteiger partial charge is 0.348 e. The number of esters is 1. The quantitative estimate of drug-likeness (QED) is 0.355. The Bertz CT molecular complexity index is 1240. The molecule has 2 heterocycles. The van der Waals surface area contributed by atoms with Crippen LogP contribution in [0.1, 0.15) is 52.9 Å². The maximum absolute atomic E-state index is 13.1. The highest BCUT2D eigenvalue weighted by atomic mass is 127. The van der Waals surface area contributed by atoms with Crippen LogP contribution in [0, 0.1) is 17.4 Å². The van der Waals surface area contributed by atoms with Gasteiger partial charge in [0, 0.05) is 9.26 Å². The lowest BCUT2D eigenvalue weighted by atomic mass is 9.98. The molecule has 168 valence electrons. The number of hydrogen-bond acceptors (Lipinski definition) is 6. The number of aryl methyl sites for hydroxylation is 2. The van der Waals surface area contributed by atoms with Gasteiger partial charge < -0.3 is 10.1 Å². The number of rotatable bonds is 5. The molecule has 1 aromatic carbocycles. The van der Waals surface area contributed by atoms with E-state index in [1.54, 1.807) is 6.92 Å². The minimum atomic E-state index is -0.393. The van der Waals surface area contributed by atoms with Crippen LogP contribution in [0.25, 0.3) is 10.2 Å². The summed E-state index contributed by atoms with van der Waals surface area (Å²) in [6.45, 7) is 3.49. The molecule has 0 unspecified atom stereocenters. The normalized spacial score (nSPS) is 14.5. The first-order valence-corrected chi connectivity index (χ1v) is 12.5. The molecule has 0 bridgehead atoms. The predicted octanol–water partition coefficient (Wildman–Crippen LogP) is 4.81. The Morgan fingerprint density at radius 2 is 2.00 bits per heavy atom. The van der Waals surface area contributed by atoms with E-state index in [1.807, 2.05) is 25.1 Å². The Hall–Kier alpha value is -2.27. The van der Waals surface area contributed by atoms with Crippen LogP contribution in [-0.4, -0.2) is 27.5 Å². The summed E-state index contributed by atoms with van der Waals surface area (Å²) >= 11 is 3.38. The zero-order valence-electron chi connectivity index (χ0n) is 17.9. The summed E-state index contributed by atoms with van der Waals surface area (Å²) in [6.07, 6.45) is 6.39. The van der Waals surface area contributed by atoms with Crippen LogP contribution in [0.4, 0.5) is 5.69 Å². The number of nitrogens with zero attached hydrogens (tertiary/aromatic N) is 2.